The van der Waals surface area contributed by atoms with Crippen LogP contribution in [0.4, 0.5) is 0 Å². The van der Waals surface area contributed by atoms with Gasteiger partial charge < -0.3 is 10.1 Å². The molecule has 1 saturated carbocycles. The average molecular weight is 367 g/mol. The van der Waals surface area contributed by atoms with E-state index in [-0.39, 0.29) is 0 Å². The van der Waals surface area contributed by atoms with Crippen molar-refractivity contribution in [1.82, 2.24) is 5.32 Å². The van der Waals surface area contributed by atoms with Crippen LogP contribution in [0.3, 0.4) is 0 Å². The van der Waals surface area contributed by atoms with Crippen LogP contribution >= 0.6 is 27.5 Å². The highest BCUT2D eigenvalue weighted by Crippen LogP contribution is 2.28. The van der Waals surface area contributed by atoms with Gasteiger partial charge in [0.05, 0.1) is 5.02 Å². The number of hydrogen-bond donors (Lipinski definition) is 1. The van der Waals surface area contributed by atoms with Gasteiger partial charge in [-0.15, -0.1) is 0 Å². The van der Waals surface area contributed by atoms with Crippen LogP contribution in [0.1, 0.15) is 24.0 Å². The molecule has 0 aliphatic heterocycles. The molecule has 110 valence electrons. The Labute approximate surface area is 138 Å². The molecule has 2 nitrogen and oxygen atoms in total. The van der Waals surface area contributed by atoms with Gasteiger partial charge in [-0.1, -0.05) is 51.8 Å². The zero-order valence-electron chi connectivity index (χ0n) is 11.6. The van der Waals surface area contributed by atoms with E-state index >= 15 is 0 Å². The Bertz CT molecular complexity index is 628. The minimum Gasteiger partial charge on any atom is -0.487 e. The number of benzene rings is 2. The first-order valence-electron chi connectivity index (χ1n) is 7.10. The number of hydrogen-bond acceptors (Lipinski definition) is 2. The van der Waals surface area contributed by atoms with Crippen molar-refractivity contribution >= 4 is 27.5 Å². The summed E-state index contributed by atoms with van der Waals surface area (Å²) in [4.78, 5) is 0. The normalized spacial score (nSPS) is 14.2. The molecule has 2 aromatic carbocycles. The summed E-state index contributed by atoms with van der Waals surface area (Å²) in [6.45, 7) is 1.43. The van der Waals surface area contributed by atoms with Crippen molar-refractivity contribution < 1.29 is 4.74 Å². The highest BCUT2D eigenvalue weighted by atomic mass is 79.9. The highest BCUT2D eigenvalue weighted by molar-refractivity contribution is 9.10. The molecule has 4 heteroatoms. The summed E-state index contributed by atoms with van der Waals surface area (Å²) in [5, 5.41) is 4.17. The van der Waals surface area contributed by atoms with Crippen molar-refractivity contribution in [1.29, 1.82) is 0 Å². The lowest BCUT2D eigenvalue weighted by molar-refractivity contribution is 0.305. The second-order valence-corrected chi connectivity index (χ2v) is 6.61. The van der Waals surface area contributed by atoms with Crippen molar-refractivity contribution in [3.8, 4) is 5.75 Å². The predicted octanol–water partition coefficient (Wildman–Crippen LogP) is 4.93. The van der Waals surface area contributed by atoms with E-state index in [0.29, 0.717) is 23.4 Å². The van der Waals surface area contributed by atoms with E-state index in [2.05, 4.69) is 39.4 Å². The molecule has 0 spiro atoms. The van der Waals surface area contributed by atoms with E-state index in [1.165, 1.54) is 24.0 Å². The van der Waals surface area contributed by atoms with Gasteiger partial charge in [-0.05, 0) is 42.2 Å². The zero-order valence-corrected chi connectivity index (χ0v) is 14.0. The molecule has 1 fully saturated rings. The molecule has 2 aromatic rings. The maximum atomic E-state index is 6.18. The third kappa shape index (κ3) is 4.22. The minimum atomic E-state index is 0.532. The van der Waals surface area contributed by atoms with Gasteiger partial charge in [-0.25, -0.2) is 0 Å². The summed E-state index contributed by atoms with van der Waals surface area (Å²) < 4.78 is 6.81. The second-order valence-electron chi connectivity index (χ2n) is 5.29. The third-order valence-electron chi connectivity index (χ3n) is 3.55. The monoisotopic (exact) mass is 365 g/mol. The number of halogens is 2. The fraction of sp³-hybridized carbons (Fsp3) is 0.294. The van der Waals surface area contributed by atoms with Crippen LogP contribution in [0.15, 0.2) is 46.9 Å². The second kappa shape index (κ2) is 6.82. The molecule has 0 saturated heterocycles. The van der Waals surface area contributed by atoms with Gasteiger partial charge in [0, 0.05) is 17.1 Å². The Hall–Kier alpha value is -1.03. The van der Waals surface area contributed by atoms with Gasteiger partial charge in [-0.2, -0.15) is 0 Å². The molecule has 0 amide bonds. The molecule has 21 heavy (non-hydrogen) atoms. The van der Waals surface area contributed by atoms with Gasteiger partial charge in [0.1, 0.15) is 12.4 Å². The third-order valence-corrected chi connectivity index (χ3v) is 4.34. The lowest BCUT2D eigenvalue weighted by Gasteiger charge is -2.12. The first kappa shape index (κ1) is 14.9. The van der Waals surface area contributed by atoms with E-state index in [4.69, 9.17) is 16.3 Å². The average Bonchev–Trinajstić information content (AvgIpc) is 3.29. The first-order valence-corrected chi connectivity index (χ1v) is 8.27. The van der Waals surface area contributed by atoms with E-state index in [9.17, 15) is 0 Å². The summed E-state index contributed by atoms with van der Waals surface area (Å²) >= 11 is 9.57. The van der Waals surface area contributed by atoms with Gasteiger partial charge >= 0.3 is 0 Å². The van der Waals surface area contributed by atoms with Crippen LogP contribution in [0.25, 0.3) is 0 Å². The molecule has 0 bridgehead atoms. The minimum absolute atomic E-state index is 0.532. The van der Waals surface area contributed by atoms with Crippen LogP contribution in [0.2, 0.25) is 5.02 Å². The van der Waals surface area contributed by atoms with Crippen molar-refractivity contribution in [2.75, 3.05) is 0 Å². The van der Waals surface area contributed by atoms with E-state index in [1.807, 2.05) is 24.3 Å². The maximum absolute atomic E-state index is 6.18. The van der Waals surface area contributed by atoms with E-state index < -0.39 is 0 Å². The van der Waals surface area contributed by atoms with Crippen molar-refractivity contribution in [3.63, 3.8) is 0 Å². The number of rotatable bonds is 6. The van der Waals surface area contributed by atoms with Crippen LogP contribution in [0, 0.1) is 0 Å². The lowest BCUT2D eigenvalue weighted by atomic mass is 10.1. The molecule has 1 aliphatic carbocycles. The van der Waals surface area contributed by atoms with E-state index in [1.54, 1.807) is 0 Å². The largest absolute Gasteiger partial charge is 0.487 e. The molecular formula is C17H17BrClNO. The topological polar surface area (TPSA) is 21.3 Å². The number of nitrogens with one attached hydrogen (secondary N) is 1. The first-order chi connectivity index (χ1) is 10.2. The molecule has 0 heterocycles. The molecule has 0 atom stereocenters. The van der Waals surface area contributed by atoms with Crippen LogP contribution < -0.4 is 10.1 Å². The predicted molar refractivity (Wildman–Crippen MR) is 89.8 cm³/mol. The van der Waals surface area contributed by atoms with Crippen molar-refractivity contribution in [2.45, 2.75) is 32.0 Å². The Morgan fingerprint density at radius 1 is 1.14 bits per heavy atom. The Kier molecular flexibility index (Phi) is 4.84. The fourth-order valence-electron chi connectivity index (χ4n) is 2.16. The Morgan fingerprint density at radius 2 is 1.90 bits per heavy atom. The highest BCUT2D eigenvalue weighted by Gasteiger charge is 2.20. The lowest BCUT2D eigenvalue weighted by Crippen LogP contribution is -2.16. The van der Waals surface area contributed by atoms with Gasteiger partial charge in [-0.3, -0.25) is 0 Å². The van der Waals surface area contributed by atoms with Crippen LogP contribution in [-0.2, 0) is 13.2 Å². The standard InChI is InChI=1S/C17H17BrClNO/c18-14-5-8-17(16(19)9-14)21-11-13-4-2-1-3-12(13)10-20-15-6-7-15/h1-5,8-9,15,20H,6-7,10-11H2. The van der Waals surface area contributed by atoms with Gasteiger partial charge in [0.2, 0.25) is 0 Å². The Balaban J connectivity index is 1.66. The van der Waals surface area contributed by atoms with Gasteiger partial charge in [0.25, 0.3) is 0 Å². The van der Waals surface area contributed by atoms with Crippen LogP contribution in [0.5, 0.6) is 5.75 Å². The summed E-state index contributed by atoms with van der Waals surface area (Å²) in [6.07, 6.45) is 2.60. The zero-order chi connectivity index (χ0) is 14.7. The number of ether oxygens (including phenoxy) is 1. The summed E-state index contributed by atoms with van der Waals surface area (Å²) in [6, 6.07) is 14.7. The van der Waals surface area contributed by atoms with Crippen LogP contribution in [-0.4, -0.2) is 6.04 Å². The molecule has 1 aliphatic rings. The molecule has 3 rings (SSSR count). The fourth-order valence-corrected chi connectivity index (χ4v) is 2.89. The Morgan fingerprint density at radius 3 is 2.62 bits per heavy atom. The van der Waals surface area contributed by atoms with Crippen molar-refractivity contribution in [2.24, 2.45) is 0 Å². The molecule has 0 radical (unpaired) electrons. The summed E-state index contributed by atoms with van der Waals surface area (Å²) in [7, 11) is 0. The quantitative estimate of drug-likeness (QED) is 0.782. The smallest absolute Gasteiger partial charge is 0.138 e. The van der Waals surface area contributed by atoms with Gasteiger partial charge in [0.15, 0.2) is 0 Å². The summed E-state index contributed by atoms with van der Waals surface area (Å²) in [5.41, 5.74) is 2.49. The molecule has 0 unspecified atom stereocenters. The molecule has 1 N–H and O–H groups in total. The molecule has 0 aromatic heterocycles. The van der Waals surface area contributed by atoms with E-state index in [0.717, 1.165) is 11.0 Å². The summed E-state index contributed by atoms with van der Waals surface area (Å²) in [5.74, 6) is 0.713. The SMILES string of the molecule is Clc1cc(Br)ccc1OCc1ccccc1CNC1CC1. The maximum Gasteiger partial charge on any atom is 0.138 e. The van der Waals surface area contributed by atoms with Crippen molar-refractivity contribution in [3.05, 3.63) is 63.1 Å². The molecular weight excluding hydrogens is 350 g/mol.